The summed E-state index contributed by atoms with van der Waals surface area (Å²) in [5.74, 6) is -0.00133. The van der Waals surface area contributed by atoms with Crippen molar-refractivity contribution in [3.63, 3.8) is 0 Å². The summed E-state index contributed by atoms with van der Waals surface area (Å²) in [5, 5.41) is 5.90. The maximum atomic E-state index is 10.6. The van der Waals surface area contributed by atoms with E-state index in [0.717, 1.165) is 16.7 Å². The van der Waals surface area contributed by atoms with Crippen LogP contribution in [0.2, 0.25) is 0 Å². The molecule has 15 heavy (non-hydrogen) atoms. The minimum absolute atomic E-state index is 0.00133. The van der Waals surface area contributed by atoms with E-state index in [-0.39, 0.29) is 5.91 Å². The second-order valence-electron chi connectivity index (χ2n) is 3.13. The van der Waals surface area contributed by atoms with Gasteiger partial charge < -0.3 is 10.6 Å². The van der Waals surface area contributed by atoms with Gasteiger partial charge in [-0.25, -0.2) is 0 Å². The predicted octanol–water partition coefficient (Wildman–Crippen LogP) is 1.07. The van der Waals surface area contributed by atoms with E-state index in [1.165, 1.54) is 6.92 Å². The second-order valence-corrected chi connectivity index (χ2v) is 4.04. The lowest BCUT2D eigenvalue weighted by atomic mass is 10.3. The van der Waals surface area contributed by atoms with Gasteiger partial charge in [0.25, 0.3) is 0 Å². The van der Waals surface area contributed by atoms with Gasteiger partial charge in [0.15, 0.2) is 0 Å². The molecular weight excluding hydrogens is 258 g/mol. The first kappa shape index (κ1) is 12.1. The molecular formula is C10H14BrN3O. The molecule has 0 aliphatic rings. The number of hydrogen-bond acceptors (Lipinski definition) is 3. The first-order valence-corrected chi connectivity index (χ1v) is 5.53. The number of rotatable bonds is 5. The summed E-state index contributed by atoms with van der Waals surface area (Å²) in [6.07, 6.45) is 1.77. The van der Waals surface area contributed by atoms with Gasteiger partial charge in [0.1, 0.15) is 0 Å². The fourth-order valence-corrected chi connectivity index (χ4v) is 1.29. The SMILES string of the molecule is CC(=O)NCCNCc1ccc(Br)cn1. The Kier molecular flexibility index (Phi) is 5.28. The molecule has 0 aliphatic carbocycles. The molecule has 0 fully saturated rings. The summed E-state index contributed by atoms with van der Waals surface area (Å²) in [5.41, 5.74) is 0.987. The Morgan fingerprint density at radius 3 is 2.87 bits per heavy atom. The fourth-order valence-electron chi connectivity index (χ4n) is 1.05. The molecule has 1 heterocycles. The van der Waals surface area contributed by atoms with E-state index in [1.54, 1.807) is 6.20 Å². The van der Waals surface area contributed by atoms with Crippen LogP contribution < -0.4 is 10.6 Å². The average Bonchev–Trinajstić information content (AvgIpc) is 2.20. The topological polar surface area (TPSA) is 54.0 Å². The van der Waals surface area contributed by atoms with Crippen molar-refractivity contribution in [3.05, 3.63) is 28.5 Å². The smallest absolute Gasteiger partial charge is 0.216 e. The summed E-state index contributed by atoms with van der Waals surface area (Å²) < 4.78 is 0.976. The van der Waals surface area contributed by atoms with Crippen LogP contribution in [0.3, 0.4) is 0 Å². The molecule has 1 amide bonds. The van der Waals surface area contributed by atoms with Gasteiger partial charge in [0, 0.05) is 37.2 Å². The third-order valence-corrected chi connectivity index (χ3v) is 2.24. The van der Waals surface area contributed by atoms with Gasteiger partial charge in [0.2, 0.25) is 5.91 Å². The van der Waals surface area contributed by atoms with Crippen LogP contribution in [0.1, 0.15) is 12.6 Å². The first-order valence-electron chi connectivity index (χ1n) is 4.74. The highest BCUT2D eigenvalue weighted by Gasteiger charge is 1.94. The molecule has 0 aliphatic heterocycles. The van der Waals surface area contributed by atoms with Crippen LogP contribution in [0.25, 0.3) is 0 Å². The molecule has 0 radical (unpaired) electrons. The van der Waals surface area contributed by atoms with E-state index < -0.39 is 0 Å². The molecule has 1 aromatic rings. The van der Waals surface area contributed by atoms with Crippen molar-refractivity contribution in [2.24, 2.45) is 0 Å². The number of pyridine rings is 1. The highest BCUT2D eigenvalue weighted by molar-refractivity contribution is 9.10. The van der Waals surface area contributed by atoms with Crippen LogP contribution in [-0.2, 0) is 11.3 Å². The van der Waals surface area contributed by atoms with Crippen molar-refractivity contribution in [2.45, 2.75) is 13.5 Å². The number of hydrogen-bond donors (Lipinski definition) is 2. The molecule has 0 bridgehead atoms. The zero-order chi connectivity index (χ0) is 11.1. The van der Waals surface area contributed by atoms with E-state index in [0.29, 0.717) is 13.1 Å². The van der Waals surface area contributed by atoms with Gasteiger partial charge in [-0.3, -0.25) is 9.78 Å². The molecule has 0 saturated carbocycles. The van der Waals surface area contributed by atoms with Crippen molar-refractivity contribution in [3.8, 4) is 0 Å². The molecule has 82 valence electrons. The van der Waals surface area contributed by atoms with E-state index in [2.05, 4.69) is 31.5 Å². The molecule has 1 aromatic heterocycles. The van der Waals surface area contributed by atoms with Crippen molar-refractivity contribution < 1.29 is 4.79 Å². The van der Waals surface area contributed by atoms with Crippen LogP contribution in [-0.4, -0.2) is 24.0 Å². The summed E-state index contributed by atoms with van der Waals surface area (Å²) in [6, 6.07) is 3.91. The lowest BCUT2D eigenvalue weighted by Crippen LogP contribution is -2.30. The molecule has 0 saturated heterocycles. The van der Waals surface area contributed by atoms with Crippen molar-refractivity contribution >= 4 is 21.8 Å². The highest BCUT2D eigenvalue weighted by atomic mass is 79.9. The Hall–Kier alpha value is -0.940. The van der Waals surface area contributed by atoms with E-state index >= 15 is 0 Å². The zero-order valence-electron chi connectivity index (χ0n) is 8.59. The van der Waals surface area contributed by atoms with Gasteiger partial charge in [-0.2, -0.15) is 0 Å². The highest BCUT2D eigenvalue weighted by Crippen LogP contribution is 2.06. The maximum Gasteiger partial charge on any atom is 0.216 e. The molecule has 5 heteroatoms. The van der Waals surface area contributed by atoms with Crippen molar-refractivity contribution in [1.82, 2.24) is 15.6 Å². The lowest BCUT2D eigenvalue weighted by molar-refractivity contribution is -0.118. The maximum absolute atomic E-state index is 10.6. The van der Waals surface area contributed by atoms with Crippen LogP contribution in [0.15, 0.2) is 22.8 Å². The normalized spacial score (nSPS) is 10.0. The Bertz CT molecular complexity index is 313. The van der Waals surface area contributed by atoms with Crippen LogP contribution in [0.5, 0.6) is 0 Å². The standard InChI is InChI=1S/C10H14BrN3O/c1-8(15)13-5-4-12-7-10-3-2-9(11)6-14-10/h2-3,6,12H,4-5,7H2,1H3,(H,13,15). The Morgan fingerprint density at radius 2 is 2.27 bits per heavy atom. The van der Waals surface area contributed by atoms with Gasteiger partial charge >= 0.3 is 0 Å². The summed E-state index contributed by atoms with van der Waals surface area (Å²) in [4.78, 5) is 14.8. The van der Waals surface area contributed by atoms with E-state index in [9.17, 15) is 4.79 Å². The fraction of sp³-hybridized carbons (Fsp3) is 0.400. The Balaban J connectivity index is 2.15. The molecule has 0 spiro atoms. The minimum Gasteiger partial charge on any atom is -0.355 e. The van der Waals surface area contributed by atoms with Crippen LogP contribution in [0, 0.1) is 0 Å². The Labute approximate surface area is 97.6 Å². The zero-order valence-corrected chi connectivity index (χ0v) is 10.2. The summed E-state index contributed by atoms with van der Waals surface area (Å²) >= 11 is 3.32. The van der Waals surface area contributed by atoms with E-state index in [4.69, 9.17) is 0 Å². The number of nitrogens with zero attached hydrogens (tertiary/aromatic N) is 1. The molecule has 1 rings (SSSR count). The second kappa shape index (κ2) is 6.53. The number of amides is 1. The van der Waals surface area contributed by atoms with Crippen LogP contribution in [0.4, 0.5) is 0 Å². The third-order valence-electron chi connectivity index (χ3n) is 1.77. The van der Waals surface area contributed by atoms with Gasteiger partial charge in [0.05, 0.1) is 5.69 Å². The summed E-state index contributed by atoms with van der Waals surface area (Å²) in [6.45, 7) is 3.62. The molecule has 2 N–H and O–H groups in total. The number of carbonyl (C=O) groups is 1. The Morgan fingerprint density at radius 1 is 1.47 bits per heavy atom. The quantitative estimate of drug-likeness (QED) is 0.788. The molecule has 0 aromatic carbocycles. The van der Waals surface area contributed by atoms with Gasteiger partial charge in [-0.05, 0) is 28.1 Å². The largest absolute Gasteiger partial charge is 0.355 e. The number of aromatic nitrogens is 1. The molecule has 0 unspecified atom stereocenters. The number of nitrogens with one attached hydrogen (secondary N) is 2. The van der Waals surface area contributed by atoms with Crippen LogP contribution >= 0.6 is 15.9 Å². The molecule has 4 nitrogen and oxygen atoms in total. The van der Waals surface area contributed by atoms with Gasteiger partial charge in [-0.15, -0.1) is 0 Å². The molecule has 0 atom stereocenters. The van der Waals surface area contributed by atoms with Gasteiger partial charge in [-0.1, -0.05) is 0 Å². The lowest BCUT2D eigenvalue weighted by Gasteiger charge is -2.04. The van der Waals surface area contributed by atoms with Crippen molar-refractivity contribution in [1.29, 1.82) is 0 Å². The number of carbonyl (C=O) groups excluding carboxylic acids is 1. The monoisotopic (exact) mass is 271 g/mol. The average molecular weight is 272 g/mol. The number of halogens is 1. The summed E-state index contributed by atoms with van der Waals surface area (Å²) in [7, 11) is 0. The third kappa shape index (κ3) is 5.49. The van der Waals surface area contributed by atoms with Crippen molar-refractivity contribution in [2.75, 3.05) is 13.1 Å². The van der Waals surface area contributed by atoms with E-state index in [1.807, 2.05) is 12.1 Å². The minimum atomic E-state index is -0.00133. The first-order chi connectivity index (χ1) is 7.18. The predicted molar refractivity (Wildman–Crippen MR) is 62.3 cm³/mol.